The van der Waals surface area contributed by atoms with E-state index in [2.05, 4.69) is 25.6 Å². The Balaban J connectivity index is 1.46. The first-order valence-electron chi connectivity index (χ1n) is 8.96. The number of aromatic nitrogens is 5. The van der Waals surface area contributed by atoms with Crippen molar-refractivity contribution in [2.75, 3.05) is 11.1 Å². The summed E-state index contributed by atoms with van der Waals surface area (Å²) in [5, 5.41) is 22.0. The molecule has 156 valence electrons. The molecule has 2 aromatic heterocycles. The minimum atomic E-state index is -0.535. The van der Waals surface area contributed by atoms with Crippen molar-refractivity contribution >= 4 is 40.2 Å². The van der Waals surface area contributed by atoms with Crippen LogP contribution >= 0.6 is 11.8 Å². The third kappa shape index (κ3) is 4.64. The standard InChI is InChI=1S/C19H14FN7O3S/c20-15-7-2-1-4-12(15)9-26-18-17(24-25-26)19(22-11-21-18)31-10-16(28)23-13-5-3-6-14(8-13)27(29)30/h1-8,11H,9-10H2,(H,23,28). The first-order chi connectivity index (χ1) is 15.0. The number of nitro groups is 1. The molecule has 2 aromatic carbocycles. The second kappa shape index (κ2) is 8.83. The zero-order chi connectivity index (χ0) is 21.8. The van der Waals surface area contributed by atoms with Crippen molar-refractivity contribution in [1.29, 1.82) is 0 Å². The molecule has 0 aliphatic rings. The molecule has 0 aliphatic carbocycles. The second-order valence-electron chi connectivity index (χ2n) is 6.33. The van der Waals surface area contributed by atoms with Crippen molar-refractivity contribution < 1.29 is 14.1 Å². The van der Waals surface area contributed by atoms with Crippen LogP contribution in [0.15, 0.2) is 59.9 Å². The zero-order valence-electron chi connectivity index (χ0n) is 15.8. The van der Waals surface area contributed by atoms with Crippen molar-refractivity contribution in [3.8, 4) is 0 Å². The van der Waals surface area contributed by atoms with Gasteiger partial charge in [0.1, 0.15) is 17.2 Å². The van der Waals surface area contributed by atoms with Gasteiger partial charge in [-0.25, -0.2) is 19.0 Å². The Kier molecular flexibility index (Phi) is 5.80. The Labute approximate surface area is 178 Å². The number of thioether (sulfide) groups is 1. The van der Waals surface area contributed by atoms with Crippen LogP contribution in [0.25, 0.3) is 11.2 Å². The molecule has 0 radical (unpaired) electrons. The zero-order valence-corrected chi connectivity index (χ0v) is 16.6. The highest BCUT2D eigenvalue weighted by Gasteiger charge is 2.15. The van der Waals surface area contributed by atoms with Crippen LogP contribution in [0.5, 0.6) is 0 Å². The van der Waals surface area contributed by atoms with Crippen molar-refractivity contribution in [2.24, 2.45) is 0 Å². The highest BCUT2D eigenvalue weighted by atomic mass is 32.2. The molecule has 1 N–H and O–H groups in total. The third-order valence-electron chi connectivity index (χ3n) is 4.23. The fourth-order valence-electron chi connectivity index (χ4n) is 2.80. The SMILES string of the molecule is O=C(CSc1ncnc2c1nnn2Cc1ccccc1F)Nc1cccc([N+](=O)[O-])c1. The number of nitrogens with one attached hydrogen (secondary N) is 1. The molecule has 0 fully saturated rings. The average Bonchev–Trinajstić information content (AvgIpc) is 3.17. The van der Waals surface area contributed by atoms with Crippen molar-refractivity contribution in [1.82, 2.24) is 25.0 Å². The lowest BCUT2D eigenvalue weighted by Gasteiger charge is -2.05. The summed E-state index contributed by atoms with van der Waals surface area (Å²) in [6, 6.07) is 12.0. The number of non-ortho nitro benzene ring substituents is 1. The van der Waals surface area contributed by atoms with E-state index in [1.165, 1.54) is 35.3 Å². The number of nitro benzene ring substituents is 1. The van der Waals surface area contributed by atoms with Crippen LogP contribution in [-0.4, -0.2) is 41.5 Å². The van der Waals surface area contributed by atoms with Gasteiger partial charge < -0.3 is 5.32 Å². The Bertz CT molecular complexity index is 1280. The molecule has 4 rings (SSSR count). The summed E-state index contributed by atoms with van der Waals surface area (Å²) in [7, 11) is 0. The number of fused-ring (bicyclic) bond motifs is 1. The molecule has 0 unspecified atom stereocenters. The number of benzene rings is 2. The van der Waals surface area contributed by atoms with E-state index in [1.807, 2.05) is 0 Å². The van der Waals surface area contributed by atoms with Crippen LogP contribution in [0.2, 0.25) is 0 Å². The summed E-state index contributed by atoms with van der Waals surface area (Å²) in [6.45, 7) is 0.150. The molecule has 0 saturated heterocycles. The van der Waals surface area contributed by atoms with Crippen LogP contribution in [-0.2, 0) is 11.3 Å². The maximum atomic E-state index is 13.9. The highest BCUT2D eigenvalue weighted by Crippen LogP contribution is 2.24. The molecule has 0 bridgehead atoms. The maximum absolute atomic E-state index is 13.9. The lowest BCUT2D eigenvalue weighted by molar-refractivity contribution is -0.384. The molecule has 0 spiro atoms. The van der Waals surface area contributed by atoms with E-state index in [0.29, 0.717) is 27.4 Å². The van der Waals surface area contributed by atoms with Crippen LogP contribution in [0.1, 0.15) is 5.56 Å². The largest absolute Gasteiger partial charge is 0.325 e. The average molecular weight is 439 g/mol. The van der Waals surface area contributed by atoms with Gasteiger partial charge >= 0.3 is 0 Å². The lowest BCUT2D eigenvalue weighted by atomic mass is 10.2. The van der Waals surface area contributed by atoms with E-state index >= 15 is 0 Å². The predicted molar refractivity (Wildman–Crippen MR) is 111 cm³/mol. The summed E-state index contributed by atoms with van der Waals surface area (Å²) < 4.78 is 15.4. The fourth-order valence-corrected chi connectivity index (χ4v) is 3.53. The summed E-state index contributed by atoms with van der Waals surface area (Å²) in [5.41, 5.74) is 1.46. The maximum Gasteiger partial charge on any atom is 0.271 e. The number of carbonyl (C=O) groups is 1. The highest BCUT2D eigenvalue weighted by molar-refractivity contribution is 8.00. The molecule has 0 atom stereocenters. The van der Waals surface area contributed by atoms with Gasteiger partial charge in [-0.1, -0.05) is 41.2 Å². The number of hydrogen-bond acceptors (Lipinski definition) is 8. The van der Waals surface area contributed by atoms with E-state index in [-0.39, 0.29) is 29.7 Å². The predicted octanol–water partition coefficient (Wildman–Crippen LogP) is 3.05. The van der Waals surface area contributed by atoms with E-state index < -0.39 is 4.92 Å². The van der Waals surface area contributed by atoms with E-state index in [9.17, 15) is 19.3 Å². The minimum Gasteiger partial charge on any atom is -0.325 e. The van der Waals surface area contributed by atoms with Crippen LogP contribution in [0.3, 0.4) is 0 Å². The van der Waals surface area contributed by atoms with Crippen molar-refractivity contribution in [3.63, 3.8) is 0 Å². The van der Waals surface area contributed by atoms with Crippen molar-refractivity contribution in [2.45, 2.75) is 11.6 Å². The fraction of sp³-hybridized carbons (Fsp3) is 0.105. The number of rotatable bonds is 7. The normalized spacial score (nSPS) is 10.9. The molecule has 0 saturated carbocycles. The first kappa shape index (κ1) is 20.3. The van der Waals surface area contributed by atoms with Gasteiger partial charge in [0.2, 0.25) is 5.91 Å². The van der Waals surface area contributed by atoms with Crippen LogP contribution in [0, 0.1) is 15.9 Å². The molecule has 12 heteroatoms. The Morgan fingerprint density at radius 1 is 1.19 bits per heavy atom. The van der Waals surface area contributed by atoms with Gasteiger partial charge in [-0.05, 0) is 12.1 Å². The number of hydrogen-bond donors (Lipinski definition) is 1. The quantitative estimate of drug-likeness (QED) is 0.201. The number of amides is 1. The molecule has 10 nitrogen and oxygen atoms in total. The van der Waals surface area contributed by atoms with Crippen molar-refractivity contribution in [3.05, 3.63) is 76.4 Å². The summed E-state index contributed by atoms with van der Waals surface area (Å²) in [4.78, 5) is 30.9. The molecule has 1 amide bonds. The summed E-state index contributed by atoms with van der Waals surface area (Å²) >= 11 is 1.12. The smallest absolute Gasteiger partial charge is 0.271 e. The molecule has 31 heavy (non-hydrogen) atoms. The Morgan fingerprint density at radius 3 is 2.84 bits per heavy atom. The third-order valence-corrected chi connectivity index (χ3v) is 5.20. The van der Waals surface area contributed by atoms with E-state index in [4.69, 9.17) is 0 Å². The van der Waals surface area contributed by atoms with Gasteiger partial charge in [-0.15, -0.1) is 5.10 Å². The van der Waals surface area contributed by atoms with E-state index in [0.717, 1.165) is 11.8 Å². The number of nitrogens with zero attached hydrogens (tertiary/aromatic N) is 6. The lowest BCUT2D eigenvalue weighted by Crippen LogP contribution is -2.14. The van der Waals surface area contributed by atoms with Gasteiger partial charge in [-0.3, -0.25) is 14.9 Å². The Morgan fingerprint density at radius 2 is 2.03 bits per heavy atom. The number of anilines is 1. The van der Waals surface area contributed by atoms with Gasteiger partial charge in [-0.2, -0.15) is 0 Å². The number of halogens is 1. The van der Waals surface area contributed by atoms with Crippen LogP contribution < -0.4 is 5.32 Å². The second-order valence-corrected chi connectivity index (χ2v) is 7.30. The molecular formula is C19H14FN7O3S. The minimum absolute atomic E-state index is 0.00498. The van der Waals surface area contributed by atoms with E-state index in [1.54, 1.807) is 24.3 Å². The van der Waals surface area contributed by atoms with Crippen LogP contribution in [0.4, 0.5) is 15.8 Å². The van der Waals surface area contributed by atoms with Gasteiger partial charge in [0.25, 0.3) is 5.69 Å². The molecule has 4 aromatic rings. The monoisotopic (exact) mass is 439 g/mol. The molecular weight excluding hydrogens is 425 g/mol. The van der Waals surface area contributed by atoms with Gasteiger partial charge in [0.15, 0.2) is 11.2 Å². The van der Waals surface area contributed by atoms with Gasteiger partial charge in [0.05, 0.1) is 17.2 Å². The molecule has 0 aliphatic heterocycles. The first-order valence-corrected chi connectivity index (χ1v) is 9.94. The molecule has 2 heterocycles. The van der Waals surface area contributed by atoms with Gasteiger partial charge in [0, 0.05) is 23.4 Å². The topological polar surface area (TPSA) is 129 Å². The number of carbonyl (C=O) groups excluding carboxylic acids is 1. The summed E-state index contributed by atoms with van der Waals surface area (Å²) in [5.74, 6) is -0.724. The summed E-state index contributed by atoms with van der Waals surface area (Å²) in [6.07, 6.45) is 1.32. The Hall–Kier alpha value is -3.93.